The molecule has 0 bridgehead atoms. The molecule has 194 valence electrons. The molecule has 3 heterocycles. The number of nitrogens with zero attached hydrogens (tertiary/aromatic N) is 5. The molecule has 1 N–H and O–H groups in total. The molecule has 1 aromatic carbocycles. The molecule has 0 unspecified atom stereocenters. The van der Waals surface area contributed by atoms with Gasteiger partial charge in [0.2, 0.25) is 5.95 Å². The van der Waals surface area contributed by atoms with Crippen LogP contribution >= 0.6 is 11.3 Å². The minimum absolute atomic E-state index is 0.161. The lowest BCUT2D eigenvalue weighted by Gasteiger charge is -2.28. The average Bonchev–Trinajstić information content (AvgIpc) is 3.35. The van der Waals surface area contributed by atoms with E-state index < -0.39 is 18.2 Å². The van der Waals surface area contributed by atoms with E-state index in [2.05, 4.69) is 44.2 Å². The van der Waals surface area contributed by atoms with Gasteiger partial charge in [0, 0.05) is 37.6 Å². The van der Waals surface area contributed by atoms with Crippen LogP contribution in [0.5, 0.6) is 17.2 Å². The Balaban J connectivity index is 0.000000383. The Morgan fingerprint density at radius 1 is 1.03 bits per heavy atom. The molecule has 0 amide bonds. The summed E-state index contributed by atoms with van der Waals surface area (Å²) in [6, 6.07) is 1.12. The van der Waals surface area contributed by atoms with Crippen LogP contribution in [0.15, 0.2) is 23.8 Å². The van der Waals surface area contributed by atoms with Gasteiger partial charge in [-0.1, -0.05) is 0 Å². The monoisotopic (exact) mass is 522 g/mol. The van der Waals surface area contributed by atoms with E-state index in [0.29, 0.717) is 17.1 Å². The van der Waals surface area contributed by atoms with E-state index in [1.165, 1.54) is 64.1 Å². The quantitative estimate of drug-likeness (QED) is 0.444. The zero-order valence-electron chi connectivity index (χ0n) is 20.5. The van der Waals surface area contributed by atoms with Gasteiger partial charge in [0.05, 0.1) is 32.2 Å². The van der Waals surface area contributed by atoms with Crippen LogP contribution < -0.4 is 19.5 Å². The number of ether oxygens (including phenoxy) is 3. The zero-order chi connectivity index (χ0) is 26.1. The lowest BCUT2D eigenvalue weighted by molar-refractivity contribution is 0.111. The highest BCUT2D eigenvalue weighted by atomic mass is 32.1. The molecule has 0 atom stereocenters. The first kappa shape index (κ1) is 27.2. The van der Waals surface area contributed by atoms with E-state index in [4.69, 9.17) is 14.2 Å². The summed E-state index contributed by atoms with van der Waals surface area (Å²) >= 11 is 1.22. The third-order valence-corrected chi connectivity index (χ3v) is 6.04. The predicted molar refractivity (Wildman–Crippen MR) is 132 cm³/mol. The maximum Gasteiger partial charge on any atom is 0.229 e. The number of aldehydes is 1. The summed E-state index contributed by atoms with van der Waals surface area (Å²) in [5.41, 5.74) is -0.0483. The fraction of sp³-hybridized carbons (Fsp3) is 0.391. The number of piperazine rings is 1. The van der Waals surface area contributed by atoms with E-state index in [1.807, 2.05) is 0 Å². The molecule has 13 heteroatoms. The Bertz CT molecular complexity index is 1100. The number of aromatic nitrogens is 3. The summed E-state index contributed by atoms with van der Waals surface area (Å²) in [4.78, 5) is 27.4. The van der Waals surface area contributed by atoms with Crippen molar-refractivity contribution in [1.29, 1.82) is 0 Å². The van der Waals surface area contributed by atoms with Gasteiger partial charge in [0.1, 0.15) is 12.3 Å². The number of hydrogen-bond donors (Lipinski definition) is 1. The second-order valence-corrected chi connectivity index (χ2v) is 8.70. The normalized spacial score (nSPS) is 13.9. The van der Waals surface area contributed by atoms with E-state index in [1.54, 1.807) is 5.38 Å². The Kier molecular flexibility index (Phi) is 9.85. The van der Waals surface area contributed by atoms with Crippen LogP contribution in [0.1, 0.15) is 16.1 Å². The summed E-state index contributed by atoms with van der Waals surface area (Å²) in [6.45, 7) is 4.51. The van der Waals surface area contributed by atoms with Crippen LogP contribution in [0.3, 0.4) is 0 Å². The first-order chi connectivity index (χ1) is 17.3. The summed E-state index contributed by atoms with van der Waals surface area (Å²) in [5.74, 6) is -1.67. The van der Waals surface area contributed by atoms with Gasteiger partial charge in [-0.15, -0.1) is 11.3 Å². The van der Waals surface area contributed by atoms with Crippen molar-refractivity contribution in [3.8, 4) is 17.2 Å². The first-order valence-electron chi connectivity index (χ1n) is 10.9. The molecule has 2 aromatic heterocycles. The van der Waals surface area contributed by atoms with Gasteiger partial charge in [0.15, 0.2) is 40.3 Å². The van der Waals surface area contributed by atoms with Crippen molar-refractivity contribution in [2.24, 2.45) is 0 Å². The number of carbonyl (C=O) groups is 1. The largest absolute Gasteiger partial charge is 0.494 e. The van der Waals surface area contributed by atoms with Crippen molar-refractivity contribution in [1.82, 2.24) is 24.8 Å². The lowest BCUT2D eigenvalue weighted by Crippen LogP contribution is -2.42. The van der Waals surface area contributed by atoms with Gasteiger partial charge in [0.25, 0.3) is 0 Å². The smallest absolute Gasteiger partial charge is 0.229 e. The van der Waals surface area contributed by atoms with Crippen molar-refractivity contribution in [3.63, 3.8) is 0 Å². The van der Waals surface area contributed by atoms with Gasteiger partial charge in [-0.2, -0.15) is 0 Å². The second kappa shape index (κ2) is 13.0. The highest BCUT2D eigenvalue weighted by molar-refractivity contribution is 7.13. The molecule has 10 nitrogen and oxygen atoms in total. The molecule has 0 aliphatic carbocycles. The molecule has 1 aliphatic rings. The first-order valence-corrected chi connectivity index (χ1v) is 11.8. The Labute approximate surface area is 211 Å². The molecule has 1 saturated heterocycles. The molecule has 1 fully saturated rings. The molecular formula is C23H28F2N6O4S. The number of hydrogen-bond acceptors (Lipinski definition) is 11. The van der Waals surface area contributed by atoms with Crippen LogP contribution in [0.2, 0.25) is 0 Å². The molecule has 0 saturated carbocycles. The highest BCUT2D eigenvalue weighted by Gasteiger charge is 2.20. The predicted octanol–water partition coefficient (Wildman–Crippen LogP) is 3.23. The fourth-order valence-electron chi connectivity index (χ4n) is 3.07. The molecule has 4 rings (SSSR count). The van der Waals surface area contributed by atoms with Crippen molar-refractivity contribution in [3.05, 3.63) is 46.7 Å². The van der Waals surface area contributed by atoms with Gasteiger partial charge < -0.3 is 29.3 Å². The maximum absolute atomic E-state index is 14.3. The van der Waals surface area contributed by atoms with E-state index in [0.717, 1.165) is 6.07 Å². The molecule has 0 spiro atoms. The van der Waals surface area contributed by atoms with Crippen molar-refractivity contribution in [2.75, 3.05) is 59.8 Å². The molecule has 3 aromatic rings. The van der Waals surface area contributed by atoms with Crippen molar-refractivity contribution in [2.45, 2.75) is 6.61 Å². The molecule has 36 heavy (non-hydrogen) atoms. The van der Waals surface area contributed by atoms with Gasteiger partial charge in [-0.25, -0.2) is 23.7 Å². The number of carbonyl (C=O) groups excluding carboxylic acids is 1. The topological polar surface area (TPSA) is 102 Å². The van der Waals surface area contributed by atoms with Crippen LogP contribution in [0.25, 0.3) is 0 Å². The minimum atomic E-state index is -0.880. The van der Waals surface area contributed by atoms with E-state index >= 15 is 0 Å². The second-order valence-electron chi connectivity index (χ2n) is 7.85. The summed E-state index contributed by atoms with van der Waals surface area (Å²) in [7, 11) is 6.88. The van der Waals surface area contributed by atoms with E-state index in [-0.39, 0.29) is 28.8 Å². The zero-order valence-corrected chi connectivity index (χ0v) is 21.3. The summed E-state index contributed by atoms with van der Waals surface area (Å²) in [5, 5.41) is 4.85. The number of methoxy groups -OCH3 is 2. The number of thiazole rings is 1. The molecular weight excluding hydrogens is 494 g/mol. The Morgan fingerprint density at radius 3 is 2.06 bits per heavy atom. The number of halogens is 2. The van der Waals surface area contributed by atoms with Crippen LogP contribution in [-0.2, 0) is 6.61 Å². The van der Waals surface area contributed by atoms with E-state index in [9.17, 15) is 13.6 Å². The van der Waals surface area contributed by atoms with Crippen LogP contribution in [0, 0.1) is 11.6 Å². The van der Waals surface area contributed by atoms with Crippen LogP contribution in [-0.4, -0.2) is 85.5 Å². The summed E-state index contributed by atoms with van der Waals surface area (Å²) < 4.78 is 43.8. The SMILES string of the molecule is CN1CCN(C)CC1.COc1cc(OC)c(F)c(COc2cnc(Nc3nc(C=O)cs3)nc2)c1F. The third kappa shape index (κ3) is 7.29. The maximum atomic E-state index is 14.3. The van der Waals surface area contributed by atoms with Gasteiger partial charge in [-0.3, -0.25) is 4.79 Å². The lowest BCUT2D eigenvalue weighted by atomic mass is 10.1. The van der Waals surface area contributed by atoms with Crippen molar-refractivity contribution < 1.29 is 27.8 Å². The minimum Gasteiger partial charge on any atom is -0.494 e. The van der Waals surface area contributed by atoms with Gasteiger partial charge >= 0.3 is 0 Å². The summed E-state index contributed by atoms with van der Waals surface area (Å²) in [6.07, 6.45) is 3.29. The van der Waals surface area contributed by atoms with Crippen molar-refractivity contribution >= 4 is 28.7 Å². The number of rotatable bonds is 8. The Hall–Kier alpha value is -3.42. The fourth-order valence-corrected chi connectivity index (χ4v) is 3.72. The highest BCUT2D eigenvalue weighted by Crippen LogP contribution is 2.32. The average molecular weight is 523 g/mol. The number of benzene rings is 1. The number of likely N-dealkylation sites (N-methyl/N-ethyl adjacent to an activating group) is 2. The standard InChI is InChI=1S/C17H14F2N4O4S.C6H14N2/c1-25-12-3-13(26-2)15(19)11(14(12)18)7-27-10-4-20-16(21-5-10)23-17-22-9(6-24)8-28-17;1-7-3-5-8(2)6-4-7/h3-6,8H,7H2,1-2H3,(H,20,21,22,23);3-6H2,1-2H3. The third-order valence-electron chi connectivity index (χ3n) is 5.26. The molecule has 0 radical (unpaired) electrons. The number of anilines is 2. The van der Waals surface area contributed by atoms with Gasteiger partial charge in [-0.05, 0) is 14.1 Å². The molecule has 1 aliphatic heterocycles. The van der Waals surface area contributed by atoms with Crippen LogP contribution in [0.4, 0.5) is 19.9 Å². The number of nitrogens with one attached hydrogen (secondary N) is 1. The Morgan fingerprint density at radius 2 is 1.58 bits per heavy atom.